The quantitative estimate of drug-likeness (QED) is 0.695. The molecule has 0 aliphatic heterocycles. The number of carbonyl (C=O) groups excluding carboxylic acids is 2. The van der Waals surface area contributed by atoms with E-state index in [1.807, 2.05) is 18.2 Å². The van der Waals surface area contributed by atoms with Crippen LogP contribution in [0.3, 0.4) is 0 Å². The number of rotatable bonds is 6. The van der Waals surface area contributed by atoms with E-state index in [-0.39, 0.29) is 23.8 Å². The minimum Gasteiger partial charge on any atom is -0.493 e. The third-order valence-corrected chi connectivity index (χ3v) is 3.59. The van der Waals surface area contributed by atoms with Crippen molar-refractivity contribution in [2.45, 2.75) is 0 Å². The Labute approximate surface area is 147 Å². The number of nitrogens with one attached hydrogen (secondary N) is 1. The molecule has 6 nitrogen and oxygen atoms in total. The summed E-state index contributed by atoms with van der Waals surface area (Å²) < 4.78 is 11.6. The summed E-state index contributed by atoms with van der Waals surface area (Å²) in [5, 5.41) is 2.71. The van der Waals surface area contributed by atoms with Crippen LogP contribution in [0.1, 0.15) is 10.4 Å². The number of primary amides is 1. The van der Waals surface area contributed by atoms with E-state index in [4.69, 9.17) is 15.2 Å². The Balaban J connectivity index is 2.08. The van der Waals surface area contributed by atoms with Crippen LogP contribution in [0, 0.1) is 3.57 Å². The molecule has 0 fully saturated rings. The highest BCUT2D eigenvalue weighted by Gasteiger charge is 2.16. The van der Waals surface area contributed by atoms with Gasteiger partial charge in [0.05, 0.1) is 12.7 Å². The molecule has 0 unspecified atom stereocenters. The minimum absolute atomic E-state index is 0.153. The van der Waals surface area contributed by atoms with Crippen molar-refractivity contribution in [1.82, 2.24) is 0 Å². The van der Waals surface area contributed by atoms with E-state index in [2.05, 4.69) is 27.9 Å². The number of ether oxygens (including phenoxy) is 2. The number of nitrogens with two attached hydrogens (primary N) is 1. The van der Waals surface area contributed by atoms with Crippen LogP contribution >= 0.6 is 22.6 Å². The molecule has 7 heteroatoms. The Kier molecular flexibility index (Phi) is 5.80. The maximum absolute atomic E-state index is 12.0. The summed E-state index contributed by atoms with van der Waals surface area (Å²) in [7, 11) is 1.44. The predicted octanol–water partition coefficient (Wildman–Crippen LogP) is 2.42. The summed E-state index contributed by atoms with van der Waals surface area (Å²) in [4.78, 5) is 23.4. The van der Waals surface area contributed by atoms with E-state index in [9.17, 15) is 9.59 Å². The van der Waals surface area contributed by atoms with Crippen molar-refractivity contribution >= 4 is 40.1 Å². The molecule has 0 radical (unpaired) electrons. The number of hydrogen-bond acceptors (Lipinski definition) is 4. The Morgan fingerprint density at radius 2 is 1.96 bits per heavy atom. The lowest BCUT2D eigenvalue weighted by Gasteiger charge is -2.13. The van der Waals surface area contributed by atoms with Gasteiger partial charge < -0.3 is 20.5 Å². The summed E-state index contributed by atoms with van der Waals surface area (Å²) in [6.45, 7) is -0.272. The number of anilines is 1. The van der Waals surface area contributed by atoms with Crippen molar-refractivity contribution in [3.63, 3.8) is 0 Å². The highest BCUT2D eigenvalue weighted by molar-refractivity contribution is 14.1. The van der Waals surface area contributed by atoms with Crippen molar-refractivity contribution in [3.05, 3.63) is 51.6 Å². The topological polar surface area (TPSA) is 90.7 Å². The molecular formula is C16H15IN2O4. The first-order valence-corrected chi connectivity index (χ1v) is 7.74. The Bertz CT molecular complexity index is 734. The van der Waals surface area contributed by atoms with E-state index < -0.39 is 5.91 Å². The second-order valence-corrected chi connectivity index (χ2v) is 5.79. The Hall–Kier alpha value is -2.29. The average molecular weight is 426 g/mol. The zero-order valence-corrected chi connectivity index (χ0v) is 14.5. The van der Waals surface area contributed by atoms with Crippen molar-refractivity contribution in [3.8, 4) is 11.5 Å². The fourth-order valence-electron chi connectivity index (χ4n) is 1.92. The molecule has 2 rings (SSSR count). The maximum Gasteiger partial charge on any atom is 0.262 e. The van der Waals surface area contributed by atoms with Gasteiger partial charge in [-0.05, 0) is 52.9 Å². The van der Waals surface area contributed by atoms with Crippen LogP contribution in [0.25, 0.3) is 0 Å². The van der Waals surface area contributed by atoms with Gasteiger partial charge in [0.2, 0.25) is 0 Å². The fourth-order valence-corrected chi connectivity index (χ4v) is 2.46. The summed E-state index contributed by atoms with van der Waals surface area (Å²) in [6.07, 6.45) is 0. The molecule has 120 valence electrons. The largest absolute Gasteiger partial charge is 0.493 e. The maximum atomic E-state index is 12.0. The third kappa shape index (κ3) is 4.59. The Morgan fingerprint density at radius 3 is 2.61 bits per heavy atom. The molecule has 0 spiro atoms. The third-order valence-electron chi connectivity index (χ3n) is 2.92. The smallest absolute Gasteiger partial charge is 0.262 e. The number of halogens is 1. The van der Waals surface area contributed by atoms with Crippen LogP contribution in [-0.2, 0) is 4.79 Å². The van der Waals surface area contributed by atoms with Crippen molar-refractivity contribution in [2.75, 3.05) is 19.0 Å². The second-order valence-electron chi connectivity index (χ2n) is 4.55. The SMILES string of the molecule is COc1cccc(C(N)=O)c1OCC(=O)Nc1cccc(I)c1. The average Bonchev–Trinajstić information content (AvgIpc) is 2.52. The highest BCUT2D eigenvalue weighted by atomic mass is 127. The highest BCUT2D eigenvalue weighted by Crippen LogP contribution is 2.30. The van der Waals surface area contributed by atoms with E-state index in [0.717, 1.165) is 3.57 Å². The van der Waals surface area contributed by atoms with Gasteiger partial charge in [0, 0.05) is 9.26 Å². The van der Waals surface area contributed by atoms with Gasteiger partial charge in [-0.25, -0.2) is 0 Å². The molecule has 2 aromatic carbocycles. The zero-order valence-electron chi connectivity index (χ0n) is 12.3. The molecule has 0 aromatic heterocycles. The molecule has 2 amide bonds. The van der Waals surface area contributed by atoms with Crippen LogP contribution in [0.2, 0.25) is 0 Å². The molecule has 0 aliphatic rings. The van der Waals surface area contributed by atoms with Crippen LogP contribution in [0.5, 0.6) is 11.5 Å². The van der Waals surface area contributed by atoms with Crippen LogP contribution < -0.4 is 20.5 Å². The van der Waals surface area contributed by atoms with Gasteiger partial charge in [-0.15, -0.1) is 0 Å². The fraction of sp³-hybridized carbons (Fsp3) is 0.125. The molecule has 0 atom stereocenters. The molecule has 23 heavy (non-hydrogen) atoms. The number of para-hydroxylation sites is 1. The molecule has 0 aliphatic carbocycles. The number of amides is 2. The first-order valence-electron chi connectivity index (χ1n) is 6.66. The van der Waals surface area contributed by atoms with E-state index >= 15 is 0 Å². The normalized spacial score (nSPS) is 10.0. The van der Waals surface area contributed by atoms with Gasteiger partial charge in [-0.1, -0.05) is 12.1 Å². The van der Waals surface area contributed by atoms with Gasteiger partial charge in [0.1, 0.15) is 0 Å². The van der Waals surface area contributed by atoms with Crippen LogP contribution in [0.15, 0.2) is 42.5 Å². The summed E-state index contributed by atoms with van der Waals surface area (Å²) in [6, 6.07) is 12.1. The van der Waals surface area contributed by atoms with Gasteiger partial charge in [0.25, 0.3) is 11.8 Å². The zero-order chi connectivity index (χ0) is 16.8. The minimum atomic E-state index is -0.656. The number of hydrogen-bond donors (Lipinski definition) is 2. The standard InChI is InChI=1S/C16H15IN2O4/c1-22-13-7-3-6-12(16(18)21)15(13)23-9-14(20)19-11-5-2-4-10(17)8-11/h2-8H,9H2,1H3,(H2,18,21)(H,19,20). The van der Waals surface area contributed by atoms with Gasteiger partial charge >= 0.3 is 0 Å². The number of benzene rings is 2. The molecular weight excluding hydrogens is 411 g/mol. The molecule has 0 saturated carbocycles. The number of carbonyl (C=O) groups is 2. The molecule has 3 N–H and O–H groups in total. The van der Waals surface area contributed by atoms with E-state index in [1.54, 1.807) is 18.2 Å². The summed E-state index contributed by atoms with van der Waals surface area (Å²) in [5.41, 5.74) is 6.13. The van der Waals surface area contributed by atoms with E-state index in [0.29, 0.717) is 11.4 Å². The van der Waals surface area contributed by atoms with Crippen LogP contribution in [0.4, 0.5) is 5.69 Å². The monoisotopic (exact) mass is 426 g/mol. The van der Waals surface area contributed by atoms with Gasteiger partial charge in [-0.3, -0.25) is 9.59 Å². The molecule has 2 aromatic rings. The van der Waals surface area contributed by atoms with Crippen molar-refractivity contribution in [1.29, 1.82) is 0 Å². The van der Waals surface area contributed by atoms with Crippen molar-refractivity contribution in [2.24, 2.45) is 5.73 Å². The van der Waals surface area contributed by atoms with Gasteiger partial charge in [0.15, 0.2) is 18.1 Å². The lowest BCUT2D eigenvalue weighted by atomic mass is 10.2. The van der Waals surface area contributed by atoms with Gasteiger partial charge in [-0.2, -0.15) is 0 Å². The predicted molar refractivity (Wildman–Crippen MR) is 94.8 cm³/mol. The van der Waals surface area contributed by atoms with E-state index in [1.165, 1.54) is 13.2 Å². The lowest BCUT2D eigenvalue weighted by molar-refractivity contribution is -0.118. The number of methoxy groups -OCH3 is 1. The molecule has 0 saturated heterocycles. The summed E-state index contributed by atoms with van der Waals surface area (Å²) in [5.74, 6) is -0.520. The second kappa shape index (κ2) is 7.82. The molecule has 0 heterocycles. The molecule has 0 bridgehead atoms. The summed E-state index contributed by atoms with van der Waals surface area (Å²) >= 11 is 2.15. The van der Waals surface area contributed by atoms with Crippen molar-refractivity contribution < 1.29 is 19.1 Å². The lowest BCUT2D eigenvalue weighted by Crippen LogP contribution is -2.22. The Morgan fingerprint density at radius 1 is 1.22 bits per heavy atom. The van der Waals surface area contributed by atoms with Crippen LogP contribution in [-0.4, -0.2) is 25.5 Å². The first-order chi connectivity index (χ1) is 11.0. The first kappa shape index (κ1) is 17.1.